The summed E-state index contributed by atoms with van der Waals surface area (Å²) in [5, 5.41) is 11.5. The van der Waals surface area contributed by atoms with E-state index in [0.29, 0.717) is 16.2 Å². The van der Waals surface area contributed by atoms with Crippen LogP contribution in [0, 0.1) is 0 Å². The zero-order chi connectivity index (χ0) is 11.7. The summed E-state index contributed by atoms with van der Waals surface area (Å²) in [6.45, 7) is 0. The fourth-order valence-corrected chi connectivity index (χ4v) is 5.39. The predicted octanol–water partition coefficient (Wildman–Crippen LogP) is 4.53. The summed E-state index contributed by atoms with van der Waals surface area (Å²) < 4.78 is 0. The average molecular weight is 266 g/mol. The number of aromatic hydroxyl groups is 1. The third-order valence-electron chi connectivity index (χ3n) is 3.65. The van der Waals surface area contributed by atoms with E-state index in [1.54, 1.807) is 0 Å². The van der Waals surface area contributed by atoms with Crippen LogP contribution >= 0.6 is 23.5 Å². The molecule has 2 aliphatic heterocycles. The van der Waals surface area contributed by atoms with Crippen molar-refractivity contribution in [3.05, 3.63) is 29.3 Å². The summed E-state index contributed by atoms with van der Waals surface area (Å²) in [5.41, 5.74) is 2.36. The summed E-state index contributed by atoms with van der Waals surface area (Å²) >= 11 is 3.99. The molecule has 0 spiro atoms. The normalized spacial score (nSPS) is 28.7. The molecule has 0 aliphatic carbocycles. The number of para-hydroxylation sites is 1. The van der Waals surface area contributed by atoms with Crippen LogP contribution in [0.4, 0.5) is 0 Å². The van der Waals surface area contributed by atoms with Gasteiger partial charge in [0.2, 0.25) is 0 Å². The monoisotopic (exact) mass is 266 g/mol. The van der Waals surface area contributed by atoms with Gasteiger partial charge in [0, 0.05) is 21.6 Å². The number of thioether (sulfide) groups is 2. The molecule has 1 N–H and O–H groups in total. The maximum absolute atomic E-state index is 10.5. The molecular formula is C14H18OS2. The quantitative estimate of drug-likeness (QED) is 0.849. The minimum Gasteiger partial charge on any atom is -0.507 e. The highest BCUT2D eigenvalue weighted by atomic mass is 32.2. The van der Waals surface area contributed by atoms with E-state index in [-0.39, 0.29) is 0 Å². The van der Waals surface area contributed by atoms with E-state index >= 15 is 0 Å². The van der Waals surface area contributed by atoms with Gasteiger partial charge in [0.05, 0.1) is 0 Å². The molecule has 17 heavy (non-hydrogen) atoms. The van der Waals surface area contributed by atoms with Crippen LogP contribution in [0.25, 0.3) is 0 Å². The van der Waals surface area contributed by atoms with Gasteiger partial charge in [0.15, 0.2) is 0 Å². The highest BCUT2D eigenvalue weighted by Gasteiger charge is 2.26. The van der Waals surface area contributed by atoms with Crippen LogP contribution < -0.4 is 0 Å². The third-order valence-corrected chi connectivity index (χ3v) is 6.48. The minimum absolute atomic E-state index is 0.529. The summed E-state index contributed by atoms with van der Waals surface area (Å²) in [6, 6.07) is 6.35. The highest BCUT2D eigenvalue weighted by molar-refractivity contribution is 8.00. The minimum atomic E-state index is 0.529. The fraction of sp³-hybridized carbons (Fsp3) is 0.571. The van der Waals surface area contributed by atoms with Gasteiger partial charge in [-0.3, -0.25) is 0 Å². The molecular weight excluding hydrogens is 248 g/mol. The lowest BCUT2D eigenvalue weighted by atomic mass is 10.00. The highest BCUT2D eigenvalue weighted by Crippen LogP contribution is 2.49. The van der Waals surface area contributed by atoms with Crippen molar-refractivity contribution in [2.45, 2.75) is 36.2 Å². The summed E-state index contributed by atoms with van der Waals surface area (Å²) in [5.74, 6) is 3.07. The molecule has 2 fully saturated rings. The fourth-order valence-electron chi connectivity index (χ4n) is 2.75. The molecule has 2 saturated heterocycles. The second-order valence-corrected chi connectivity index (χ2v) is 7.41. The Balaban J connectivity index is 1.91. The van der Waals surface area contributed by atoms with E-state index in [9.17, 15) is 5.11 Å². The third kappa shape index (κ3) is 2.32. The smallest absolute Gasteiger partial charge is 0.124 e. The van der Waals surface area contributed by atoms with Crippen LogP contribution in [0.5, 0.6) is 5.75 Å². The molecule has 92 valence electrons. The molecule has 0 radical (unpaired) electrons. The number of hydrogen-bond donors (Lipinski definition) is 1. The van der Waals surface area contributed by atoms with E-state index in [1.807, 2.05) is 23.5 Å². The zero-order valence-electron chi connectivity index (χ0n) is 9.89. The Morgan fingerprint density at radius 3 is 1.88 bits per heavy atom. The number of phenols is 1. The second kappa shape index (κ2) is 5.15. The zero-order valence-corrected chi connectivity index (χ0v) is 11.5. The van der Waals surface area contributed by atoms with Crippen LogP contribution in [0.2, 0.25) is 0 Å². The number of rotatable bonds is 2. The molecule has 3 rings (SSSR count). The van der Waals surface area contributed by atoms with Gasteiger partial charge in [-0.25, -0.2) is 0 Å². The second-order valence-electron chi connectivity index (χ2n) is 4.79. The van der Waals surface area contributed by atoms with Gasteiger partial charge in [0.1, 0.15) is 5.75 Å². The number of phenolic OH excluding ortho intramolecular Hbond substituents is 1. The molecule has 1 aromatic carbocycles. The van der Waals surface area contributed by atoms with Crippen molar-refractivity contribution < 1.29 is 5.11 Å². The van der Waals surface area contributed by atoms with Gasteiger partial charge in [-0.05, 0) is 37.2 Å². The molecule has 2 unspecified atom stereocenters. The molecule has 2 heterocycles. The molecule has 1 aromatic rings. The molecule has 2 atom stereocenters. The Morgan fingerprint density at radius 2 is 1.47 bits per heavy atom. The van der Waals surface area contributed by atoms with Crippen molar-refractivity contribution in [2.75, 3.05) is 11.5 Å². The van der Waals surface area contributed by atoms with Gasteiger partial charge in [-0.2, -0.15) is 23.5 Å². The van der Waals surface area contributed by atoms with Crippen LogP contribution in [-0.4, -0.2) is 16.6 Å². The van der Waals surface area contributed by atoms with Gasteiger partial charge in [-0.1, -0.05) is 18.2 Å². The molecule has 0 bridgehead atoms. The summed E-state index contributed by atoms with van der Waals surface area (Å²) in [7, 11) is 0. The van der Waals surface area contributed by atoms with Crippen LogP contribution in [0.15, 0.2) is 18.2 Å². The average Bonchev–Trinajstić information content (AvgIpc) is 3.02. The molecule has 0 aromatic heterocycles. The lowest BCUT2D eigenvalue weighted by Gasteiger charge is -2.17. The van der Waals surface area contributed by atoms with E-state index in [4.69, 9.17) is 0 Å². The summed E-state index contributed by atoms with van der Waals surface area (Å²) in [6.07, 6.45) is 5.02. The van der Waals surface area contributed by atoms with Gasteiger partial charge < -0.3 is 5.11 Å². The van der Waals surface area contributed by atoms with E-state index < -0.39 is 0 Å². The molecule has 2 aliphatic rings. The Hall–Kier alpha value is -0.280. The largest absolute Gasteiger partial charge is 0.507 e. The Kier molecular flexibility index (Phi) is 3.57. The van der Waals surface area contributed by atoms with Gasteiger partial charge in [0.25, 0.3) is 0 Å². The van der Waals surface area contributed by atoms with Crippen molar-refractivity contribution >= 4 is 23.5 Å². The van der Waals surface area contributed by atoms with Gasteiger partial charge >= 0.3 is 0 Å². The van der Waals surface area contributed by atoms with Crippen molar-refractivity contribution in [1.82, 2.24) is 0 Å². The topological polar surface area (TPSA) is 20.2 Å². The van der Waals surface area contributed by atoms with Crippen molar-refractivity contribution in [3.63, 3.8) is 0 Å². The Bertz CT molecular complexity index is 359. The maximum atomic E-state index is 10.5. The lowest BCUT2D eigenvalue weighted by Crippen LogP contribution is -1.95. The van der Waals surface area contributed by atoms with Crippen LogP contribution in [0.3, 0.4) is 0 Å². The van der Waals surface area contributed by atoms with Crippen molar-refractivity contribution in [2.24, 2.45) is 0 Å². The molecule has 0 saturated carbocycles. The van der Waals surface area contributed by atoms with Crippen LogP contribution in [-0.2, 0) is 0 Å². The van der Waals surface area contributed by atoms with E-state index in [1.165, 1.54) is 48.3 Å². The Labute approximate surface area is 111 Å². The van der Waals surface area contributed by atoms with Crippen molar-refractivity contribution in [1.29, 1.82) is 0 Å². The first-order valence-electron chi connectivity index (χ1n) is 6.41. The molecule has 3 heteroatoms. The first-order chi connectivity index (χ1) is 8.36. The molecule has 0 amide bonds. The van der Waals surface area contributed by atoms with Gasteiger partial charge in [-0.15, -0.1) is 0 Å². The maximum Gasteiger partial charge on any atom is 0.124 e. The van der Waals surface area contributed by atoms with Crippen molar-refractivity contribution in [3.8, 4) is 5.75 Å². The van der Waals surface area contributed by atoms with E-state index in [0.717, 1.165) is 0 Å². The van der Waals surface area contributed by atoms with Crippen LogP contribution in [0.1, 0.15) is 47.3 Å². The number of benzene rings is 1. The first-order valence-corrected chi connectivity index (χ1v) is 8.51. The predicted molar refractivity (Wildman–Crippen MR) is 77.0 cm³/mol. The number of hydrogen-bond acceptors (Lipinski definition) is 3. The van der Waals surface area contributed by atoms with E-state index in [2.05, 4.69) is 18.2 Å². The molecule has 1 nitrogen and oxygen atoms in total. The Morgan fingerprint density at radius 1 is 0.941 bits per heavy atom. The lowest BCUT2D eigenvalue weighted by molar-refractivity contribution is 0.458. The first kappa shape index (κ1) is 11.8. The summed E-state index contributed by atoms with van der Waals surface area (Å²) in [4.78, 5) is 0. The SMILES string of the molecule is Oc1c(C2CCCS2)cccc1C1CCCS1. The standard InChI is InChI=1S/C14H18OS2/c15-14-10(12-6-2-8-16-12)4-1-5-11(14)13-7-3-9-17-13/h1,4-5,12-13,15H,2-3,6-9H2.